The van der Waals surface area contributed by atoms with E-state index in [0.29, 0.717) is 6.04 Å². The Balaban J connectivity index is 1.72. The number of methoxy groups -OCH3 is 1. The maximum Gasteiger partial charge on any atom is 0.123 e. The van der Waals surface area contributed by atoms with Gasteiger partial charge in [-0.05, 0) is 42.2 Å². The second kappa shape index (κ2) is 5.63. The number of para-hydroxylation sites is 1. The van der Waals surface area contributed by atoms with E-state index in [9.17, 15) is 4.39 Å². The summed E-state index contributed by atoms with van der Waals surface area (Å²) >= 11 is 0. The number of fused-ring (bicyclic) bond motifs is 1. The van der Waals surface area contributed by atoms with Crippen molar-refractivity contribution in [3.05, 3.63) is 65.0 Å². The summed E-state index contributed by atoms with van der Waals surface area (Å²) in [5.74, 6) is 0.756. The van der Waals surface area contributed by atoms with Crippen LogP contribution in [-0.2, 0) is 13.0 Å². The molecule has 0 bridgehead atoms. The molecular weight excluding hydrogens is 253 g/mol. The van der Waals surface area contributed by atoms with Gasteiger partial charge >= 0.3 is 0 Å². The van der Waals surface area contributed by atoms with Crippen LogP contribution in [-0.4, -0.2) is 7.11 Å². The van der Waals surface area contributed by atoms with Crippen LogP contribution in [0, 0.1) is 5.82 Å². The molecule has 0 radical (unpaired) electrons. The quantitative estimate of drug-likeness (QED) is 0.917. The molecular formula is C17H18FNO. The van der Waals surface area contributed by atoms with Crippen molar-refractivity contribution in [3.63, 3.8) is 0 Å². The van der Waals surface area contributed by atoms with Gasteiger partial charge in [0.2, 0.25) is 0 Å². The molecule has 1 N–H and O–H groups in total. The van der Waals surface area contributed by atoms with Crippen molar-refractivity contribution in [2.24, 2.45) is 0 Å². The zero-order chi connectivity index (χ0) is 13.9. The lowest BCUT2D eigenvalue weighted by Gasteiger charge is -2.15. The molecule has 20 heavy (non-hydrogen) atoms. The molecule has 0 aromatic heterocycles. The fourth-order valence-corrected chi connectivity index (χ4v) is 2.88. The molecule has 3 heteroatoms. The molecule has 0 spiro atoms. The third-order valence-electron chi connectivity index (χ3n) is 3.91. The van der Waals surface area contributed by atoms with Crippen LogP contribution in [0.5, 0.6) is 5.75 Å². The van der Waals surface area contributed by atoms with Crippen molar-refractivity contribution < 1.29 is 9.13 Å². The maximum atomic E-state index is 13.2. The summed E-state index contributed by atoms with van der Waals surface area (Å²) in [4.78, 5) is 0. The normalized spacial score (nSPS) is 17.0. The minimum absolute atomic E-state index is 0.144. The van der Waals surface area contributed by atoms with Gasteiger partial charge in [0.1, 0.15) is 11.6 Å². The summed E-state index contributed by atoms with van der Waals surface area (Å²) in [5, 5.41) is 3.55. The lowest BCUT2D eigenvalue weighted by atomic mass is 10.1. The summed E-state index contributed by atoms with van der Waals surface area (Å²) in [6, 6.07) is 13.4. The Kier molecular flexibility index (Phi) is 3.70. The van der Waals surface area contributed by atoms with Crippen molar-refractivity contribution in [2.45, 2.75) is 25.4 Å². The van der Waals surface area contributed by atoms with E-state index in [0.717, 1.165) is 36.3 Å². The molecule has 2 nitrogen and oxygen atoms in total. The Hall–Kier alpha value is -1.87. The van der Waals surface area contributed by atoms with Crippen molar-refractivity contribution in [1.82, 2.24) is 5.32 Å². The molecule has 0 saturated carbocycles. The number of aryl methyl sites for hydroxylation is 1. The Morgan fingerprint density at radius 3 is 2.95 bits per heavy atom. The van der Waals surface area contributed by atoms with E-state index in [-0.39, 0.29) is 5.82 Å². The van der Waals surface area contributed by atoms with Gasteiger partial charge in [-0.2, -0.15) is 0 Å². The number of hydrogen-bond acceptors (Lipinski definition) is 2. The number of hydrogen-bond donors (Lipinski definition) is 1. The molecule has 3 rings (SSSR count). The Bertz CT molecular complexity index is 612. The minimum Gasteiger partial charge on any atom is -0.496 e. The van der Waals surface area contributed by atoms with Crippen LogP contribution in [0.15, 0.2) is 42.5 Å². The fraction of sp³-hybridized carbons (Fsp3) is 0.294. The number of ether oxygens (including phenoxy) is 1. The summed E-state index contributed by atoms with van der Waals surface area (Å²) in [6.07, 6.45) is 1.96. The first-order valence-electron chi connectivity index (χ1n) is 6.91. The number of nitrogens with one attached hydrogen (secondary N) is 1. The third-order valence-corrected chi connectivity index (χ3v) is 3.91. The largest absolute Gasteiger partial charge is 0.496 e. The average molecular weight is 271 g/mol. The van der Waals surface area contributed by atoms with Crippen LogP contribution in [0.2, 0.25) is 0 Å². The van der Waals surface area contributed by atoms with Gasteiger partial charge in [0, 0.05) is 18.2 Å². The Morgan fingerprint density at radius 2 is 2.10 bits per heavy atom. The van der Waals surface area contributed by atoms with Crippen molar-refractivity contribution in [3.8, 4) is 5.75 Å². The Morgan fingerprint density at radius 1 is 1.25 bits per heavy atom. The van der Waals surface area contributed by atoms with Crippen molar-refractivity contribution >= 4 is 0 Å². The number of rotatable bonds is 4. The van der Waals surface area contributed by atoms with Crippen LogP contribution in [0.3, 0.4) is 0 Å². The zero-order valence-corrected chi connectivity index (χ0v) is 11.5. The highest BCUT2D eigenvalue weighted by molar-refractivity contribution is 5.36. The SMILES string of the molecule is COc1ccccc1CNC1CCc2cc(F)ccc21. The zero-order valence-electron chi connectivity index (χ0n) is 11.5. The summed E-state index contributed by atoms with van der Waals surface area (Å²) in [6.45, 7) is 0.755. The predicted octanol–water partition coefficient (Wildman–Crippen LogP) is 3.61. The van der Waals surface area contributed by atoms with E-state index in [1.165, 1.54) is 5.56 Å². The molecule has 2 aromatic rings. The molecule has 1 atom stereocenters. The maximum absolute atomic E-state index is 13.2. The van der Waals surface area contributed by atoms with Gasteiger partial charge in [0.05, 0.1) is 7.11 Å². The molecule has 104 valence electrons. The van der Waals surface area contributed by atoms with Gasteiger partial charge in [-0.15, -0.1) is 0 Å². The standard InChI is InChI=1S/C17H18FNO/c1-20-17-5-3-2-4-13(17)11-19-16-9-6-12-10-14(18)7-8-15(12)16/h2-5,7-8,10,16,19H,6,9,11H2,1H3. The van der Waals surface area contributed by atoms with Crippen molar-refractivity contribution in [1.29, 1.82) is 0 Å². The average Bonchev–Trinajstić information content (AvgIpc) is 2.87. The minimum atomic E-state index is -0.144. The summed E-state index contributed by atoms with van der Waals surface area (Å²) < 4.78 is 18.6. The summed E-state index contributed by atoms with van der Waals surface area (Å²) in [5.41, 5.74) is 3.49. The highest BCUT2D eigenvalue weighted by Crippen LogP contribution is 2.32. The van der Waals surface area contributed by atoms with Crippen LogP contribution in [0.25, 0.3) is 0 Å². The number of benzene rings is 2. The predicted molar refractivity (Wildman–Crippen MR) is 77.3 cm³/mol. The molecule has 0 aliphatic heterocycles. The van der Waals surface area contributed by atoms with E-state index >= 15 is 0 Å². The molecule has 1 unspecified atom stereocenters. The first kappa shape index (κ1) is 13.1. The molecule has 1 aliphatic rings. The van der Waals surface area contributed by atoms with Gasteiger partial charge in [-0.3, -0.25) is 0 Å². The van der Waals surface area contributed by atoms with Gasteiger partial charge in [-0.25, -0.2) is 4.39 Å². The van der Waals surface area contributed by atoms with Gasteiger partial charge in [0.15, 0.2) is 0 Å². The Labute approximate surface area is 118 Å². The monoisotopic (exact) mass is 271 g/mol. The molecule has 0 amide bonds. The smallest absolute Gasteiger partial charge is 0.123 e. The molecule has 1 aliphatic carbocycles. The molecule has 2 aromatic carbocycles. The van der Waals surface area contributed by atoms with Gasteiger partial charge in [-0.1, -0.05) is 24.3 Å². The lowest BCUT2D eigenvalue weighted by Crippen LogP contribution is -2.19. The summed E-state index contributed by atoms with van der Waals surface area (Å²) in [7, 11) is 1.69. The van der Waals surface area contributed by atoms with E-state index in [1.54, 1.807) is 19.2 Å². The third kappa shape index (κ3) is 2.54. The molecule has 0 fully saturated rings. The lowest BCUT2D eigenvalue weighted by molar-refractivity contribution is 0.405. The van der Waals surface area contributed by atoms with E-state index in [1.807, 2.05) is 24.3 Å². The van der Waals surface area contributed by atoms with Crippen LogP contribution < -0.4 is 10.1 Å². The van der Waals surface area contributed by atoms with Crippen molar-refractivity contribution in [2.75, 3.05) is 7.11 Å². The molecule has 0 saturated heterocycles. The topological polar surface area (TPSA) is 21.3 Å². The van der Waals surface area contributed by atoms with Crippen LogP contribution >= 0.6 is 0 Å². The number of halogens is 1. The second-order valence-corrected chi connectivity index (χ2v) is 5.13. The van der Waals surface area contributed by atoms with E-state index in [4.69, 9.17) is 4.74 Å². The first-order valence-corrected chi connectivity index (χ1v) is 6.91. The van der Waals surface area contributed by atoms with E-state index in [2.05, 4.69) is 11.4 Å². The highest BCUT2D eigenvalue weighted by Gasteiger charge is 2.22. The highest BCUT2D eigenvalue weighted by atomic mass is 19.1. The van der Waals surface area contributed by atoms with Crippen LogP contribution in [0.1, 0.15) is 29.2 Å². The van der Waals surface area contributed by atoms with Gasteiger partial charge in [0.25, 0.3) is 0 Å². The second-order valence-electron chi connectivity index (χ2n) is 5.13. The van der Waals surface area contributed by atoms with Crippen LogP contribution in [0.4, 0.5) is 4.39 Å². The van der Waals surface area contributed by atoms with E-state index < -0.39 is 0 Å². The fourth-order valence-electron chi connectivity index (χ4n) is 2.88. The van der Waals surface area contributed by atoms with Gasteiger partial charge < -0.3 is 10.1 Å². The first-order chi connectivity index (χ1) is 9.78. The molecule has 0 heterocycles.